The van der Waals surface area contributed by atoms with E-state index in [1.54, 1.807) is 12.1 Å². The first-order valence-electron chi connectivity index (χ1n) is 16.8. The smallest absolute Gasteiger partial charge is 0.203 e. The van der Waals surface area contributed by atoms with Crippen molar-refractivity contribution in [3.63, 3.8) is 0 Å². The minimum atomic E-state index is -1.42. The summed E-state index contributed by atoms with van der Waals surface area (Å²) in [6.07, 6.45) is 0. The highest BCUT2D eigenvalue weighted by molar-refractivity contribution is 6.03. The van der Waals surface area contributed by atoms with Gasteiger partial charge in [0, 0.05) is 67.6 Å². The fourth-order valence-electron chi connectivity index (χ4n) is 6.05. The summed E-state index contributed by atoms with van der Waals surface area (Å²) in [4.78, 5) is 27.6. The second-order valence-electron chi connectivity index (χ2n) is 12.6. The van der Waals surface area contributed by atoms with E-state index >= 15 is 0 Å². The van der Waals surface area contributed by atoms with Gasteiger partial charge < -0.3 is 58.6 Å². The minimum Gasteiger partial charge on any atom is -0.853 e. The molecular formula is C39H40FN4O9-3. The number of carboxylic acid groups (broad SMARTS) is 2. The van der Waals surface area contributed by atoms with Crippen molar-refractivity contribution < 1.29 is 48.3 Å². The zero-order valence-electron chi connectivity index (χ0n) is 29.9. The van der Waals surface area contributed by atoms with Gasteiger partial charge in [-0.25, -0.2) is 8.97 Å². The maximum Gasteiger partial charge on any atom is 0.203 e. The van der Waals surface area contributed by atoms with Crippen LogP contribution in [0.1, 0.15) is 0 Å². The van der Waals surface area contributed by atoms with Gasteiger partial charge in [0.1, 0.15) is 56.0 Å². The SMILES string of the molecule is CN(C)c1ccc2c(-c3ccc(N(CC[O-])CC(=O)[O-])c(OCCOc4cc(F)ccc4N(CC[O-])CC(=O)[O-])c3)c3ccc(=[N+](C)C)cc-3oc2c1. The van der Waals surface area contributed by atoms with Crippen LogP contribution in [-0.2, 0) is 9.59 Å². The second kappa shape index (κ2) is 17.1. The van der Waals surface area contributed by atoms with Crippen molar-refractivity contribution in [2.75, 3.05) is 95.5 Å². The lowest BCUT2D eigenvalue weighted by atomic mass is 9.93. The van der Waals surface area contributed by atoms with Crippen LogP contribution in [0.15, 0.2) is 77.2 Å². The van der Waals surface area contributed by atoms with E-state index in [0.717, 1.165) is 39.7 Å². The Bertz CT molecular complexity index is 2130. The normalized spacial score (nSPS) is 11.1. The van der Waals surface area contributed by atoms with Crippen molar-refractivity contribution in [1.29, 1.82) is 0 Å². The van der Waals surface area contributed by atoms with E-state index < -0.39 is 44.1 Å². The Kier molecular flexibility index (Phi) is 12.4. The maximum atomic E-state index is 14.3. The summed E-state index contributed by atoms with van der Waals surface area (Å²) < 4.78 is 34.8. The first-order valence-corrected chi connectivity index (χ1v) is 16.8. The molecule has 0 unspecified atom stereocenters. The Morgan fingerprint density at radius 3 is 1.94 bits per heavy atom. The molecule has 3 aromatic carbocycles. The van der Waals surface area contributed by atoms with Crippen LogP contribution in [0.2, 0.25) is 0 Å². The Hall–Kier alpha value is -5.86. The lowest BCUT2D eigenvalue weighted by molar-refractivity contribution is -0.364. The van der Waals surface area contributed by atoms with Crippen LogP contribution in [0.3, 0.4) is 0 Å². The maximum absolute atomic E-state index is 14.3. The van der Waals surface area contributed by atoms with Crippen LogP contribution in [0.25, 0.3) is 33.4 Å². The van der Waals surface area contributed by atoms with E-state index in [4.69, 9.17) is 13.9 Å². The van der Waals surface area contributed by atoms with Crippen molar-refractivity contribution in [3.05, 3.63) is 84.0 Å². The van der Waals surface area contributed by atoms with E-state index in [9.17, 15) is 34.4 Å². The summed E-state index contributed by atoms with van der Waals surface area (Å²) in [5, 5.41) is 48.0. The average molecular weight is 728 g/mol. The molecule has 0 N–H and O–H groups in total. The molecule has 1 aliphatic carbocycles. The molecule has 0 amide bonds. The summed E-state index contributed by atoms with van der Waals surface area (Å²) in [7, 11) is 7.74. The fourth-order valence-corrected chi connectivity index (χ4v) is 6.05. The van der Waals surface area contributed by atoms with Gasteiger partial charge >= 0.3 is 0 Å². The van der Waals surface area contributed by atoms with E-state index in [1.165, 1.54) is 15.9 Å². The van der Waals surface area contributed by atoms with E-state index in [1.807, 2.05) is 80.1 Å². The van der Waals surface area contributed by atoms with Gasteiger partial charge in [0.05, 0.1) is 42.5 Å². The number of hydrogen-bond acceptors (Lipinski definition) is 12. The van der Waals surface area contributed by atoms with Crippen LogP contribution in [0.5, 0.6) is 11.5 Å². The third kappa shape index (κ3) is 9.15. The predicted molar refractivity (Wildman–Crippen MR) is 191 cm³/mol. The van der Waals surface area contributed by atoms with Crippen molar-refractivity contribution in [2.24, 2.45) is 0 Å². The average Bonchev–Trinajstić information content (AvgIpc) is 3.11. The number of anilines is 3. The Morgan fingerprint density at radius 1 is 0.774 bits per heavy atom. The van der Waals surface area contributed by atoms with E-state index in [2.05, 4.69) is 0 Å². The van der Waals surface area contributed by atoms with Gasteiger partial charge in [-0.2, -0.15) is 0 Å². The van der Waals surface area contributed by atoms with Gasteiger partial charge in [-0.15, -0.1) is 13.2 Å². The molecule has 1 heterocycles. The molecule has 2 aliphatic rings. The first-order chi connectivity index (χ1) is 25.4. The number of carboxylic acids is 2. The second-order valence-corrected chi connectivity index (χ2v) is 12.6. The molecule has 5 rings (SSSR count). The molecule has 0 spiro atoms. The first kappa shape index (κ1) is 38.4. The highest BCUT2D eigenvalue weighted by Gasteiger charge is 2.21. The standard InChI is InChI=1S/C39H42FN4O9/c1-41(2)27-7-9-29-33(21-27)53-34-22-28(42(3)4)8-10-30(34)39(29)25-5-11-31(43(13-15-45)23-37(47)48)35(19-25)51-17-18-52-36-20-26(40)6-12-32(36)44(14-16-46)24-38(49)50/h5-12,19-22H,13-18,23-24H2,1-4H3,(H,47,48)(H,49,50)/q-1/p-2. The molecule has 0 radical (unpaired) electrons. The molecule has 0 saturated heterocycles. The molecular weight excluding hydrogens is 687 g/mol. The number of aliphatic carboxylic acids is 2. The van der Waals surface area contributed by atoms with Crippen molar-refractivity contribution in [2.45, 2.75) is 0 Å². The molecule has 0 fully saturated rings. The summed E-state index contributed by atoms with van der Waals surface area (Å²) in [5.41, 5.74) is 4.44. The van der Waals surface area contributed by atoms with Crippen molar-refractivity contribution >= 4 is 40.0 Å². The highest BCUT2D eigenvalue weighted by Crippen LogP contribution is 2.43. The number of rotatable bonds is 17. The number of benzene rings is 4. The van der Waals surface area contributed by atoms with Crippen LogP contribution in [0.4, 0.5) is 21.5 Å². The number of ether oxygens (including phenoxy) is 2. The van der Waals surface area contributed by atoms with Crippen molar-refractivity contribution in [3.8, 4) is 33.9 Å². The van der Waals surface area contributed by atoms with Gasteiger partial charge in [-0.05, 0) is 48.0 Å². The van der Waals surface area contributed by atoms with E-state index in [0.29, 0.717) is 22.6 Å². The van der Waals surface area contributed by atoms with E-state index in [-0.39, 0.29) is 43.5 Å². The number of hydrogen-bond donors (Lipinski definition) is 0. The molecule has 53 heavy (non-hydrogen) atoms. The van der Waals surface area contributed by atoms with Crippen molar-refractivity contribution in [1.82, 2.24) is 4.58 Å². The molecule has 14 heteroatoms. The van der Waals surface area contributed by atoms with Crippen LogP contribution >= 0.6 is 0 Å². The van der Waals surface area contributed by atoms with Crippen LogP contribution in [-0.4, -0.2) is 92.7 Å². The molecule has 13 nitrogen and oxygen atoms in total. The highest BCUT2D eigenvalue weighted by atomic mass is 19.1. The number of fused-ring (bicyclic) bond motifs is 2. The minimum absolute atomic E-state index is 0.0117. The fraction of sp³-hybridized carbons (Fsp3) is 0.308. The Balaban J connectivity index is 1.57. The summed E-state index contributed by atoms with van der Waals surface area (Å²) >= 11 is 0. The number of carbonyl (C=O) groups is 2. The Labute approximate surface area is 305 Å². The number of carbonyl (C=O) groups excluding carboxylic acids is 2. The van der Waals surface area contributed by atoms with Crippen LogP contribution < -0.4 is 54.5 Å². The molecule has 0 saturated carbocycles. The molecule has 0 atom stereocenters. The lowest BCUT2D eigenvalue weighted by Gasteiger charge is -2.29. The molecule has 0 bridgehead atoms. The summed E-state index contributed by atoms with van der Waals surface area (Å²) in [5.74, 6) is -2.59. The third-order valence-corrected chi connectivity index (χ3v) is 8.53. The monoisotopic (exact) mass is 727 g/mol. The largest absolute Gasteiger partial charge is 0.853 e. The van der Waals surface area contributed by atoms with Crippen LogP contribution in [0, 0.1) is 5.82 Å². The number of nitrogens with zero attached hydrogens (tertiary/aromatic N) is 4. The molecule has 1 aliphatic heterocycles. The van der Waals surface area contributed by atoms with Gasteiger partial charge in [0.25, 0.3) is 0 Å². The summed E-state index contributed by atoms with van der Waals surface area (Å²) in [6, 6.07) is 20.6. The zero-order chi connectivity index (χ0) is 38.2. The third-order valence-electron chi connectivity index (χ3n) is 8.53. The Morgan fingerprint density at radius 2 is 1.38 bits per heavy atom. The lowest BCUT2D eigenvalue weighted by Crippen LogP contribution is -2.41. The molecule has 3 aromatic rings. The predicted octanol–water partition coefficient (Wildman–Crippen LogP) is -0.267. The van der Waals surface area contributed by atoms with Gasteiger partial charge in [0.15, 0.2) is 0 Å². The van der Waals surface area contributed by atoms with Gasteiger partial charge in [-0.1, -0.05) is 6.07 Å². The topological polar surface area (TPSA) is 171 Å². The quantitative estimate of drug-likeness (QED) is 0.0700. The van der Waals surface area contributed by atoms with Gasteiger partial charge in [0.2, 0.25) is 5.36 Å². The number of halogens is 1. The molecule has 280 valence electrons. The zero-order valence-corrected chi connectivity index (χ0v) is 29.9. The van der Waals surface area contributed by atoms with Gasteiger partial charge in [-0.3, -0.25) is 0 Å². The molecule has 0 aromatic heterocycles. The summed E-state index contributed by atoms with van der Waals surface area (Å²) in [6.45, 7) is -2.99.